The molecule has 1 amide bonds. The summed E-state index contributed by atoms with van der Waals surface area (Å²) in [5.74, 6) is 2.71. The number of thiophene rings is 1. The number of nitrogens with one attached hydrogen (secondary N) is 1. The molecule has 1 fully saturated rings. The van der Waals surface area contributed by atoms with Gasteiger partial charge in [0.25, 0.3) is 5.91 Å². The van der Waals surface area contributed by atoms with E-state index in [1.165, 1.54) is 10.4 Å². The molecule has 156 valence electrons. The third kappa shape index (κ3) is 3.47. The van der Waals surface area contributed by atoms with Crippen LogP contribution in [0.4, 0.5) is 5.69 Å². The fourth-order valence-corrected chi connectivity index (χ4v) is 6.43. The first-order valence-electron chi connectivity index (χ1n) is 10.3. The summed E-state index contributed by atoms with van der Waals surface area (Å²) in [6, 6.07) is 12.1. The van der Waals surface area contributed by atoms with Crippen molar-refractivity contribution in [3.05, 3.63) is 64.8 Å². The maximum atomic E-state index is 13.5. The van der Waals surface area contributed by atoms with Gasteiger partial charge >= 0.3 is 0 Å². The van der Waals surface area contributed by atoms with Crippen LogP contribution in [-0.4, -0.2) is 36.4 Å². The third-order valence-corrected chi connectivity index (χ3v) is 8.05. The Balaban J connectivity index is 1.34. The number of fused-ring (bicyclic) bond motifs is 1. The van der Waals surface area contributed by atoms with Crippen LogP contribution >= 0.6 is 23.1 Å². The molecule has 1 aliphatic heterocycles. The monoisotopic (exact) mass is 448 g/mol. The largest absolute Gasteiger partial charge is 0.322 e. The van der Waals surface area contributed by atoms with Crippen LogP contribution in [-0.2, 0) is 12.2 Å². The van der Waals surface area contributed by atoms with Gasteiger partial charge in [-0.05, 0) is 65.3 Å². The Hall–Kier alpha value is -2.91. The van der Waals surface area contributed by atoms with Gasteiger partial charge in [0.2, 0.25) is 0 Å². The molecule has 2 aliphatic rings. The van der Waals surface area contributed by atoms with Crippen molar-refractivity contribution >= 4 is 34.7 Å². The standard InChI is InChI=1S/C22H20N6OS2/c29-21(19-17-8-11-30-13-18(17)31-22(19)27-9-1-2-10-27)23-15-5-3-4-14(12-15)20-24-25-26-28(20)16-6-7-16/h1-5,9-10,12,16H,6-8,11,13H2,(H,23,29). The molecule has 6 rings (SSSR count). The van der Waals surface area contributed by atoms with E-state index in [9.17, 15) is 4.79 Å². The number of nitrogens with zero attached hydrogens (tertiary/aromatic N) is 5. The highest BCUT2D eigenvalue weighted by molar-refractivity contribution is 7.98. The highest BCUT2D eigenvalue weighted by atomic mass is 32.2. The van der Waals surface area contributed by atoms with Crippen LogP contribution in [0.2, 0.25) is 0 Å². The second-order valence-corrected chi connectivity index (χ2v) is 9.98. The molecular weight excluding hydrogens is 428 g/mol. The first kappa shape index (κ1) is 18.8. The molecule has 9 heteroatoms. The van der Waals surface area contributed by atoms with Crippen LogP contribution < -0.4 is 5.32 Å². The number of benzene rings is 1. The van der Waals surface area contributed by atoms with Crippen molar-refractivity contribution in [2.24, 2.45) is 0 Å². The molecule has 4 aromatic rings. The number of aromatic nitrogens is 5. The summed E-state index contributed by atoms with van der Waals surface area (Å²) in [5, 5.41) is 16.3. The van der Waals surface area contributed by atoms with Crippen molar-refractivity contribution in [1.82, 2.24) is 24.8 Å². The van der Waals surface area contributed by atoms with Crippen molar-refractivity contribution in [2.45, 2.75) is 31.1 Å². The summed E-state index contributed by atoms with van der Waals surface area (Å²) in [6.45, 7) is 0. The first-order chi connectivity index (χ1) is 15.3. The van der Waals surface area contributed by atoms with Crippen LogP contribution in [0.1, 0.15) is 39.7 Å². The van der Waals surface area contributed by atoms with Gasteiger partial charge in [-0.25, -0.2) is 4.68 Å². The minimum Gasteiger partial charge on any atom is -0.322 e. The molecule has 0 atom stereocenters. The number of carbonyl (C=O) groups is 1. The number of tetrazole rings is 1. The molecule has 31 heavy (non-hydrogen) atoms. The molecule has 0 bridgehead atoms. The van der Waals surface area contributed by atoms with Gasteiger partial charge in [-0.3, -0.25) is 4.79 Å². The van der Waals surface area contributed by atoms with Gasteiger partial charge in [0.1, 0.15) is 5.00 Å². The minimum atomic E-state index is -0.0629. The summed E-state index contributed by atoms with van der Waals surface area (Å²) in [5.41, 5.74) is 3.64. The zero-order valence-electron chi connectivity index (χ0n) is 16.7. The Morgan fingerprint density at radius 1 is 1.16 bits per heavy atom. The van der Waals surface area contributed by atoms with Gasteiger partial charge in [-0.2, -0.15) is 11.8 Å². The van der Waals surface area contributed by atoms with Crippen molar-refractivity contribution < 1.29 is 4.79 Å². The van der Waals surface area contributed by atoms with Gasteiger partial charge < -0.3 is 9.88 Å². The number of carbonyl (C=O) groups excluding carboxylic acids is 1. The van der Waals surface area contributed by atoms with Crippen LogP contribution in [0.5, 0.6) is 0 Å². The molecule has 3 aromatic heterocycles. The number of thioether (sulfide) groups is 1. The van der Waals surface area contributed by atoms with Gasteiger partial charge in [0, 0.05) is 34.3 Å². The molecule has 1 aliphatic carbocycles. The normalized spacial score (nSPS) is 15.6. The van der Waals surface area contributed by atoms with E-state index in [4.69, 9.17) is 0 Å². The predicted molar refractivity (Wildman–Crippen MR) is 123 cm³/mol. The Bertz CT molecular complexity index is 1260. The zero-order valence-corrected chi connectivity index (χ0v) is 18.3. The van der Waals surface area contributed by atoms with E-state index in [0.29, 0.717) is 6.04 Å². The van der Waals surface area contributed by atoms with E-state index in [0.717, 1.165) is 58.4 Å². The Labute approximate surface area is 187 Å². The SMILES string of the molecule is O=C(Nc1cccc(-c2nnnn2C2CC2)c1)c1c(-n2cccc2)sc2c1CCSC2. The van der Waals surface area contributed by atoms with E-state index in [1.807, 2.05) is 69.8 Å². The molecule has 1 N–H and O–H groups in total. The van der Waals surface area contributed by atoms with Gasteiger partial charge in [0.15, 0.2) is 5.82 Å². The van der Waals surface area contributed by atoms with Crippen LogP contribution in [0.3, 0.4) is 0 Å². The lowest BCUT2D eigenvalue weighted by molar-refractivity contribution is 0.102. The number of rotatable bonds is 5. The zero-order chi connectivity index (χ0) is 20.8. The average molecular weight is 449 g/mol. The van der Waals surface area contributed by atoms with Crippen LogP contribution in [0, 0.1) is 0 Å². The Morgan fingerprint density at radius 3 is 2.87 bits per heavy atom. The van der Waals surface area contributed by atoms with Crippen molar-refractivity contribution in [3.63, 3.8) is 0 Å². The summed E-state index contributed by atoms with van der Waals surface area (Å²) in [7, 11) is 0. The van der Waals surface area contributed by atoms with E-state index < -0.39 is 0 Å². The quantitative estimate of drug-likeness (QED) is 0.484. The number of amides is 1. The fraction of sp³-hybridized carbons (Fsp3) is 0.273. The highest BCUT2D eigenvalue weighted by Crippen LogP contribution is 2.39. The average Bonchev–Trinajstić information content (AvgIpc) is 3.21. The second kappa shape index (κ2) is 7.65. The minimum absolute atomic E-state index is 0.0629. The second-order valence-electron chi connectivity index (χ2n) is 7.79. The van der Waals surface area contributed by atoms with Gasteiger partial charge in [-0.1, -0.05) is 12.1 Å². The predicted octanol–water partition coefficient (Wildman–Crippen LogP) is 4.57. The Kier molecular flexibility index (Phi) is 4.65. The summed E-state index contributed by atoms with van der Waals surface area (Å²) in [6.07, 6.45) is 7.15. The molecule has 0 unspecified atom stereocenters. The summed E-state index contributed by atoms with van der Waals surface area (Å²) in [4.78, 5) is 14.8. The molecule has 0 radical (unpaired) electrons. The van der Waals surface area contributed by atoms with E-state index in [1.54, 1.807) is 11.3 Å². The number of hydrogen-bond donors (Lipinski definition) is 1. The Morgan fingerprint density at radius 2 is 2.03 bits per heavy atom. The van der Waals surface area contributed by atoms with Gasteiger partial charge in [0.05, 0.1) is 11.6 Å². The molecule has 0 saturated heterocycles. The van der Waals surface area contributed by atoms with Gasteiger partial charge in [-0.15, -0.1) is 16.4 Å². The maximum Gasteiger partial charge on any atom is 0.258 e. The number of hydrogen-bond acceptors (Lipinski definition) is 6. The van der Waals surface area contributed by atoms with Crippen molar-refractivity contribution in [2.75, 3.05) is 11.1 Å². The topological polar surface area (TPSA) is 77.6 Å². The van der Waals surface area contributed by atoms with Crippen LogP contribution in [0.25, 0.3) is 16.4 Å². The molecule has 1 aromatic carbocycles. The fourth-order valence-electron chi connectivity index (χ4n) is 3.98. The van der Waals surface area contributed by atoms with E-state index in [-0.39, 0.29) is 5.91 Å². The van der Waals surface area contributed by atoms with Crippen molar-refractivity contribution in [1.29, 1.82) is 0 Å². The molecule has 1 saturated carbocycles. The smallest absolute Gasteiger partial charge is 0.258 e. The lowest BCUT2D eigenvalue weighted by atomic mass is 10.1. The molecule has 0 spiro atoms. The highest BCUT2D eigenvalue weighted by Gasteiger charge is 2.29. The number of anilines is 1. The van der Waals surface area contributed by atoms with Crippen molar-refractivity contribution in [3.8, 4) is 16.4 Å². The molecule has 4 heterocycles. The molecule has 7 nitrogen and oxygen atoms in total. The third-order valence-electron chi connectivity index (χ3n) is 5.63. The van der Waals surface area contributed by atoms with E-state index in [2.05, 4.69) is 20.8 Å². The van der Waals surface area contributed by atoms with Crippen LogP contribution in [0.15, 0.2) is 48.8 Å². The lowest BCUT2D eigenvalue weighted by Crippen LogP contribution is -2.16. The van der Waals surface area contributed by atoms with E-state index >= 15 is 0 Å². The first-order valence-corrected chi connectivity index (χ1v) is 12.3. The summed E-state index contributed by atoms with van der Waals surface area (Å²) >= 11 is 3.65. The maximum absolute atomic E-state index is 13.5. The molecular formula is C22H20N6OS2. The summed E-state index contributed by atoms with van der Waals surface area (Å²) < 4.78 is 3.93. The lowest BCUT2D eigenvalue weighted by Gasteiger charge is -2.13.